The third kappa shape index (κ3) is 5.79. The smallest absolute Gasteiger partial charge is 0.252 e. The maximum atomic E-state index is 11.3. The molecule has 3 N–H and O–H groups in total. The lowest BCUT2D eigenvalue weighted by molar-refractivity contribution is 0.0997. The second-order valence-electron chi connectivity index (χ2n) is 6.33. The van der Waals surface area contributed by atoms with Crippen molar-refractivity contribution >= 4 is 5.91 Å². The van der Waals surface area contributed by atoms with Crippen molar-refractivity contribution in [1.82, 2.24) is 5.32 Å². The Morgan fingerprint density at radius 2 is 1.71 bits per heavy atom. The van der Waals surface area contributed by atoms with Crippen LogP contribution in [0, 0.1) is 0 Å². The molecule has 28 heavy (non-hydrogen) atoms. The van der Waals surface area contributed by atoms with Crippen molar-refractivity contribution in [3.05, 3.63) is 47.5 Å². The maximum Gasteiger partial charge on any atom is 0.252 e. The van der Waals surface area contributed by atoms with Gasteiger partial charge in [-0.05, 0) is 49.7 Å². The number of carbonyl (C=O) groups is 1. The Morgan fingerprint density at radius 3 is 2.36 bits per heavy atom. The molecular weight excluding hydrogens is 360 g/mol. The van der Waals surface area contributed by atoms with Gasteiger partial charge in [-0.25, -0.2) is 0 Å². The Labute approximate surface area is 165 Å². The molecule has 0 saturated carbocycles. The van der Waals surface area contributed by atoms with Crippen LogP contribution in [0.1, 0.15) is 22.8 Å². The summed E-state index contributed by atoms with van der Waals surface area (Å²) in [7, 11) is 4.74. The van der Waals surface area contributed by atoms with Crippen LogP contribution in [-0.2, 0) is 6.42 Å². The summed E-state index contributed by atoms with van der Waals surface area (Å²) >= 11 is 0. The van der Waals surface area contributed by atoms with Crippen LogP contribution in [0.4, 0.5) is 0 Å². The molecule has 2 rings (SSSR count). The molecule has 0 radical (unpaired) electrons. The fraction of sp³-hybridized carbons (Fsp3) is 0.381. The highest BCUT2D eigenvalue weighted by Crippen LogP contribution is 2.27. The summed E-state index contributed by atoms with van der Waals surface area (Å²) in [5, 5.41) is 3.42. The predicted molar refractivity (Wildman–Crippen MR) is 108 cm³/mol. The van der Waals surface area contributed by atoms with E-state index in [-0.39, 0.29) is 6.04 Å². The molecule has 1 atom stereocenters. The lowest BCUT2D eigenvalue weighted by Gasteiger charge is -2.16. The highest BCUT2D eigenvalue weighted by atomic mass is 16.5. The SMILES string of the molecule is COc1ccc(CCN[C@@H](C)COc2ccc(C(N)=O)c(OC)c2)cc1OC. The largest absolute Gasteiger partial charge is 0.496 e. The van der Waals surface area contributed by atoms with Crippen LogP contribution in [0.5, 0.6) is 23.0 Å². The topological polar surface area (TPSA) is 92.0 Å². The van der Waals surface area contributed by atoms with E-state index in [9.17, 15) is 4.79 Å². The van der Waals surface area contributed by atoms with Crippen molar-refractivity contribution in [3.63, 3.8) is 0 Å². The Kier molecular flexibility index (Phi) is 7.95. The molecule has 0 bridgehead atoms. The first-order valence-electron chi connectivity index (χ1n) is 9.03. The van der Waals surface area contributed by atoms with Gasteiger partial charge in [0.15, 0.2) is 11.5 Å². The fourth-order valence-corrected chi connectivity index (χ4v) is 2.74. The summed E-state index contributed by atoms with van der Waals surface area (Å²) in [6, 6.07) is 11.0. The quantitative estimate of drug-likeness (QED) is 0.614. The van der Waals surface area contributed by atoms with Crippen LogP contribution in [-0.4, -0.2) is 46.4 Å². The molecule has 0 spiro atoms. The van der Waals surface area contributed by atoms with E-state index in [0.717, 1.165) is 30.0 Å². The van der Waals surface area contributed by atoms with E-state index >= 15 is 0 Å². The molecule has 7 heteroatoms. The highest BCUT2D eigenvalue weighted by molar-refractivity contribution is 5.95. The third-order valence-electron chi connectivity index (χ3n) is 4.29. The molecule has 152 valence electrons. The lowest BCUT2D eigenvalue weighted by Crippen LogP contribution is -2.33. The van der Waals surface area contributed by atoms with Gasteiger partial charge in [-0.2, -0.15) is 0 Å². The number of carbonyl (C=O) groups excluding carboxylic acids is 1. The van der Waals surface area contributed by atoms with Gasteiger partial charge in [0.25, 0.3) is 5.91 Å². The fourth-order valence-electron chi connectivity index (χ4n) is 2.74. The van der Waals surface area contributed by atoms with Crippen LogP contribution < -0.4 is 30.0 Å². The average molecular weight is 388 g/mol. The number of hydrogen-bond donors (Lipinski definition) is 2. The van der Waals surface area contributed by atoms with Crippen LogP contribution >= 0.6 is 0 Å². The molecule has 0 saturated heterocycles. The minimum Gasteiger partial charge on any atom is -0.496 e. The molecule has 0 aromatic heterocycles. The first-order valence-corrected chi connectivity index (χ1v) is 9.03. The van der Waals surface area contributed by atoms with Gasteiger partial charge in [-0.15, -0.1) is 0 Å². The number of hydrogen-bond acceptors (Lipinski definition) is 6. The zero-order valence-electron chi connectivity index (χ0n) is 16.8. The van der Waals surface area contributed by atoms with Gasteiger partial charge in [-0.1, -0.05) is 6.07 Å². The van der Waals surface area contributed by atoms with E-state index in [1.807, 2.05) is 25.1 Å². The monoisotopic (exact) mass is 388 g/mol. The van der Waals surface area contributed by atoms with E-state index < -0.39 is 5.91 Å². The zero-order valence-corrected chi connectivity index (χ0v) is 16.8. The van der Waals surface area contributed by atoms with E-state index in [4.69, 9.17) is 24.7 Å². The second kappa shape index (κ2) is 10.4. The van der Waals surface area contributed by atoms with Crippen molar-refractivity contribution in [2.45, 2.75) is 19.4 Å². The minimum absolute atomic E-state index is 0.141. The van der Waals surface area contributed by atoms with E-state index in [1.165, 1.54) is 7.11 Å². The van der Waals surface area contributed by atoms with Gasteiger partial charge < -0.3 is 30.0 Å². The number of ether oxygens (including phenoxy) is 4. The van der Waals surface area contributed by atoms with Crippen molar-refractivity contribution in [2.75, 3.05) is 34.5 Å². The number of nitrogens with two attached hydrogens (primary N) is 1. The second-order valence-corrected chi connectivity index (χ2v) is 6.33. The van der Waals surface area contributed by atoms with Crippen molar-refractivity contribution < 1.29 is 23.7 Å². The summed E-state index contributed by atoms with van der Waals surface area (Å²) in [4.78, 5) is 11.3. The normalized spacial score (nSPS) is 11.6. The number of amides is 1. The number of benzene rings is 2. The summed E-state index contributed by atoms with van der Waals surface area (Å²) in [5.74, 6) is 1.94. The average Bonchev–Trinajstić information content (AvgIpc) is 2.71. The van der Waals surface area contributed by atoms with Crippen molar-refractivity contribution in [3.8, 4) is 23.0 Å². The summed E-state index contributed by atoms with van der Waals surface area (Å²) < 4.78 is 21.6. The molecule has 0 aliphatic rings. The Morgan fingerprint density at radius 1 is 1.00 bits per heavy atom. The molecule has 0 aliphatic heterocycles. The van der Waals surface area contributed by atoms with Gasteiger partial charge in [-0.3, -0.25) is 4.79 Å². The molecular formula is C21H28N2O5. The molecule has 7 nitrogen and oxygen atoms in total. The van der Waals surface area contributed by atoms with Crippen molar-refractivity contribution in [1.29, 1.82) is 0 Å². The van der Waals surface area contributed by atoms with Crippen LogP contribution in [0.15, 0.2) is 36.4 Å². The third-order valence-corrected chi connectivity index (χ3v) is 4.29. The summed E-state index contributed by atoms with van der Waals surface area (Å²) in [5.41, 5.74) is 6.80. The standard InChI is InChI=1S/C21H28N2O5/c1-14(13-28-16-6-7-17(21(22)24)19(12-16)26-3)23-10-9-15-5-8-18(25-2)20(11-15)27-4/h5-8,11-12,14,23H,9-10,13H2,1-4H3,(H2,22,24)/t14-/m0/s1. The van der Waals surface area contributed by atoms with Gasteiger partial charge in [0.2, 0.25) is 0 Å². The van der Waals surface area contributed by atoms with Crippen LogP contribution in [0.25, 0.3) is 0 Å². The number of rotatable bonds is 11. The van der Waals surface area contributed by atoms with E-state index in [1.54, 1.807) is 32.4 Å². The molecule has 2 aromatic rings. The highest BCUT2D eigenvalue weighted by Gasteiger charge is 2.11. The predicted octanol–water partition coefficient (Wildman–Crippen LogP) is 2.41. The van der Waals surface area contributed by atoms with Crippen LogP contribution in [0.3, 0.4) is 0 Å². The molecule has 0 unspecified atom stereocenters. The summed E-state index contributed by atoms with van der Waals surface area (Å²) in [6.45, 7) is 3.32. The minimum atomic E-state index is -0.534. The Balaban J connectivity index is 1.82. The lowest BCUT2D eigenvalue weighted by atomic mass is 10.1. The first kappa shape index (κ1) is 21.4. The van der Waals surface area contributed by atoms with Gasteiger partial charge in [0.1, 0.15) is 18.1 Å². The van der Waals surface area contributed by atoms with Gasteiger partial charge >= 0.3 is 0 Å². The van der Waals surface area contributed by atoms with Gasteiger partial charge in [0, 0.05) is 12.1 Å². The van der Waals surface area contributed by atoms with E-state index in [0.29, 0.717) is 23.7 Å². The molecule has 1 amide bonds. The van der Waals surface area contributed by atoms with Crippen LogP contribution in [0.2, 0.25) is 0 Å². The van der Waals surface area contributed by atoms with Crippen molar-refractivity contribution in [2.24, 2.45) is 5.73 Å². The number of methoxy groups -OCH3 is 3. The van der Waals surface area contributed by atoms with E-state index in [2.05, 4.69) is 5.32 Å². The zero-order chi connectivity index (χ0) is 20.5. The molecule has 0 heterocycles. The molecule has 0 aliphatic carbocycles. The maximum absolute atomic E-state index is 11.3. The number of nitrogens with one attached hydrogen (secondary N) is 1. The summed E-state index contributed by atoms with van der Waals surface area (Å²) in [6.07, 6.45) is 0.853. The Hall–Kier alpha value is -2.93. The van der Waals surface area contributed by atoms with Gasteiger partial charge in [0.05, 0.1) is 26.9 Å². The Bertz CT molecular complexity index is 794. The molecule has 0 fully saturated rings. The number of primary amides is 1. The first-order chi connectivity index (χ1) is 13.5. The molecule has 2 aromatic carbocycles.